The second-order valence-electron chi connectivity index (χ2n) is 5.72. The average Bonchev–Trinajstić information content (AvgIpc) is 3.18. The molecule has 2 aromatic heterocycles. The van der Waals surface area contributed by atoms with E-state index in [1.54, 1.807) is 0 Å². The van der Waals surface area contributed by atoms with E-state index in [4.69, 9.17) is 16.3 Å². The number of ether oxygens (including phenoxy) is 1. The van der Waals surface area contributed by atoms with Crippen LogP contribution in [0.25, 0.3) is 21.8 Å². The number of H-pyrrole nitrogens is 2. The number of benzene rings is 2. The summed E-state index contributed by atoms with van der Waals surface area (Å²) in [6, 6.07) is 13.2. The summed E-state index contributed by atoms with van der Waals surface area (Å²) >= 11 is 9.45. The Morgan fingerprint density at radius 1 is 1.08 bits per heavy atom. The van der Waals surface area contributed by atoms with Crippen LogP contribution < -0.4 is 0 Å². The van der Waals surface area contributed by atoms with Crippen molar-refractivity contribution in [3.05, 3.63) is 68.9 Å². The highest BCUT2D eigenvalue weighted by molar-refractivity contribution is 9.10. The fourth-order valence-corrected chi connectivity index (χ4v) is 3.42. The van der Waals surface area contributed by atoms with Crippen LogP contribution in [0.1, 0.15) is 21.7 Å². The van der Waals surface area contributed by atoms with Gasteiger partial charge in [0.2, 0.25) is 0 Å². The number of esters is 1. The molecular formula is C20H12BrClN2O2. The molecule has 0 unspecified atom stereocenters. The largest absolute Gasteiger partial charge is 0.465 e. The molecule has 2 N–H and O–H groups in total. The summed E-state index contributed by atoms with van der Waals surface area (Å²) in [5, 5.41) is 2.42. The van der Waals surface area contributed by atoms with Crippen LogP contribution >= 0.6 is 27.5 Å². The molecule has 0 bridgehead atoms. The van der Waals surface area contributed by atoms with Crippen molar-refractivity contribution in [3.8, 4) is 11.8 Å². The van der Waals surface area contributed by atoms with Crippen molar-refractivity contribution in [3.63, 3.8) is 0 Å². The van der Waals surface area contributed by atoms with Crippen molar-refractivity contribution in [2.45, 2.75) is 0 Å². The van der Waals surface area contributed by atoms with E-state index in [2.05, 4.69) is 37.7 Å². The fourth-order valence-electron chi connectivity index (χ4n) is 2.88. The molecule has 4 nitrogen and oxygen atoms in total. The van der Waals surface area contributed by atoms with Gasteiger partial charge in [-0.1, -0.05) is 33.6 Å². The molecule has 2 aromatic carbocycles. The standard InChI is InChI=1S/C20H12BrClN2O2/c1-26-20(25)19-15-5-2-12(21)10-18(15)24-17(19)7-4-14-9-11-8-13(22)3-6-16(11)23-14/h2-3,5-6,8-10,23-24H,1H3. The first-order valence-corrected chi connectivity index (χ1v) is 8.92. The molecule has 2 heterocycles. The normalized spacial score (nSPS) is 10.7. The van der Waals surface area contributed by atoms with Crippen molar-refractivity contribution in [2.75, 3.05) is 7.11 Å². The molecule has 0 aliphatic heterocycles. The average molecular weight is 428 g/mol. The number of aromatic amines is 2. The zero-order valence-electron chi connectivity index (χ0n) is 13.6. The molecule has 0 saturated carbocycles. The number of nitrogens with one attached hydrogen (secondary N) is 2. The van der Waals surface area contributed by atoms with E-state index in [0.29, 0.717) is 16.3 Å². The fraction of sp³-hybridized carbons (Fsp3) is 0.0500. The van der Waals surface area contributed by atoms with E-state index in [0.717, 1.165) is 32.0 Å². The van der Waals surface area contributed by atoms with Gasteiger partial charge in [-0.25, -0.2) is 4.79 Å². The molecule has 0 saturated heterocycles. The number of rotatable bonds is 1. The van der Waals surface area contributed by atoms with Crippen LogP contribution in [0.5, 0.6) is 0 Å². The van der Waals surface area contributed by atoms with Gasteiger partial charge in [0.15, 0.2) is 0 Å². The van der Waals surface area contributed by atoms with E-state index >= 15 is 0 Å². The summed E-state index contributed by atoms with van der Waals surface area (Å²) in [7, 11) is 1.36. The molecule has 0 spiro atoms. The summed E-state index contributed by atoms with van der Waals surface area (Å²) in [4.78, 5) is 18.7. The van der Waals surface area contributed by atoms with Crippen LogP contribution in [0, 0.1) is 11.8 Å². The summed E-state index contributed by atoms with van der Waals surface area (Å²) < 4.78 is 5.84. The minimum atomic E-state index is -0.425. The summed E-state index contributed by atoms with van der Waals surface area (Å²) in [6.45, 7) is 0. The number of carbonyl (C=O) groups is 1. The predicted octanol–water partition coefficient (Wildman–Crippen LogP) is 5.25. The third-order valence-electron chi connectivity index (χ3n) is 4.06. The zero-order chi connectivity index (χ0) is 18.3. The van der Waals surface area contributed by atoms with Gasteiger partial charge in [0.1, 0.15) is 11.3 Å². The Balaban J connectivity index is 1.83. The second-order valence-corrected chi connectivity index (χ2v) is 7.07. The van der Waals surface area contributed by atoms with Crippen LogP contribution in [-0.4, -0.2) is 23.0 Å². The van der Waals surface area contributed by atoms with Crippen molar-refractivity contribution in [1.82, 2.24) is 9.97 Å². The molecular weight excluding hydrogens is 416 g/mol. The first kappa shape index (κ1) is 16.8. The highest BCUT2D eigenvalue weighted by Gasteiger charge is 2.18. The van der Waals surface area contributed by atoms with Crippen molar-refractivity contribution in [1.29, 1.82) is 0 Å². The molecule has 4 rings (SSSR count). The van der Waals surface area contributed by atoms with Gasteiger partial charge in [-0.2, -0.15) is 0 Å². The maximum absolute atomic E-state index is 12.2. The lowest BCUT2D eigenvalue weighted by molar-refractivity contribution is 0.0602. The first-order valence-electron chi connectivity index (χ1n) is 7.75. The van der Waals surface area contributed by atoms with Crippen LogP contribution in [-0.2, 0) is 4.74 Å². The number of aromatic nitrogens is 2. The Morgan fingerprint density at radius 2 is 1.92 bits per heavy atom. The highest BCUT2D eigenvalue weighted by Crippen LogP contribution is 2.26. The van der Waals surface area contributed by atoms with Crippen LogP contribution in [0.15, 0.2) is 46.9 Å². The van der Waals surface area contributed by atoms with Crippen LogP contribution in [0.4, 0.5) is 0 Å². The number of halogens is 2. The van der Waals surface area contributed by atoms with Gasteiger partial charge < -0.3 is 14.7 Å². The van der Waals surface area contributed by atoms with Gasteiger partial charge in [0.25, 0.3) is 0 Å². The van der Waals surface area contributed by atoms with E-state index in [1.807, 2.05) is 42.5 Å². The van der Waals surface area contributed by atoms with Crippen molar-refractivity contribution < 1.29 is 9.53 Å². The molecule has 6 heteroatoms. The third-order valence-corrected chi connectivity index (χ3v) is 4.78. The van der Waals surface area contributed by atoms with Gasteiger partial charge in [-0.15, -0.1) is 0 Å². The van der Waals surface area contributed by atoms with Gasteiger partial charge in [-0.3, -0.25) is 0 Å². The minimum Gasteiger partial charge on any atom is -0.465 e. The molecule has 0 aliphatic rings. The van der Waals surface area contributed by atoms with Crippen molar-refractivity contribution in [2.24, 2.45) is 0 Å². The monoisotopic (exact) mass is 426 g/mol. The number of carbonyl (C=O) groups excluding carboxylic acids is 1. The van der Waals surface area contributed by atoms with Gasteiger partial charge in [0, 0.05) is 31.3 Å². The summed E-state index contributed by atoms with van der Waals surface area (Å²) in [6.07, 6.45) is 0. The molecule has 0 fully saturated rings. The second kappa shape index (κ2) is 6.56. The number of hydrogen-bond acceptors (Lipinski definition) is 2. The van der Waals surface area contributed by atoms with E-state index in [9.17, 15) is 4.79 Å². The van der Waals surface area contributed by atoms with Gasteiger partial charge >= 0.3 is 5.97 Å². The Bertz CT molecular complexity index is 1230. The predicted molar refractivity (Wildman–Crippen MR) is 107 cm³/mol. The smallest absolute Gasteiger partial charge is 0.341 e. The lowest BCUT2D eigenvalue weighted by Gasteiger charge is -1.98. The van der Waals surface area contributed by atoms with Gasteiger partial charge in [-0.05, 0) is 48.2 Å². The zero-order valence-corrected chi connectivity index (χ0v) is 16.0. The van der Waals surface area contributed by atoms with E-state index in [1.165, 1.54) is 7.11 Å². The molecule has 0 atom stereocenters. The van der Waals surface area contributed by atoms with Crippen LogP contribution in [0.3, 0.4) is 0 Å². The number of hydrogen-bond donors (Lipinski definition) is 2. The van der Waals surface area contributed by atoms with Gasteiger partial charge in [0.05, 0.1) is 12.8 Å². The topological polar surface area (TPSA) is 57.9 Å². The third kappa shape index (κ3) is 2.98. The van der Waals surface area contributed by atoms with Crippen LogP contribution in [0.2, 0.25) is 5.02 Å². The lowest BCUT2D eigenvalue weighted by Crippen LogP contribution is -2.02. The number of methoxy groups -OCH3 is 1. The maximum atomic E-state index is 12.2. The quantitative estimate of drug-likeness (QED) is 0.322. The number of fused-ring (bicyclic) bond motifs is 2. The summed E-state index contributed by atoms with van der Waals surface area (Å²) in [5.41, 5.74) is 3.45. The first-order chi connectivity index (χ1) is 12.5. The minimum absolute atomic E-state index is 0.425. The maximum Gasteiger partial charge on any atom is 0.341 e. The Labute approximate surface area is 162 Å². The Morgan fingerprint density at radius 3 is 2.73 bits per heavy atom. The Hall–Kier alpha value is -2.68. The molecule has 26 heavy (non-hydrogen) atoms. The molecule has 0 radical (unpaired) electrons. The molecule has 0 aliphatic carbocycles. The SMILES string of the molecule is COC(=O)c1c(C#Cc2cc3cc(Cl)ccc3[nH]2)[nH]c2cc(Br)ccc12. The molecule has 0 amide bonds. The summed E-state index contributed by atoms with van der Waals surface area (Å²) in [5.74, 6) is 5.68. The molecule has 4 aromatic rings. The Kier molecular flexibility index (Phi) is 4.23. The lowest BCUT2D eigenvalue weighted by atomic mass is 10.1. The van der Waals surface area contributed by atoms with E-state index in [-0.39, 0.29) is 0 Å². The highest BCUT2D eigenvalue weighted by atomic mass is 79.9. The van der Waals surface area contributed by atoms with Crippen molar-refractivity contribution >= 4 is 55.3 Å². The van der Waals surface area contributed by atoms with E-state index < -0.39 is 5.97 Å². The molecule has 128 valence electrons.